The molecule has 0 fully saturated rings. The standard InChI is InChI=1S/C19H16FN3O3S2/c20-16-4-1-14(2-5-16)18(24)23-9-7-13-3-6-17(11-15(13)12-23)28(25,26)22-19-21-8-10-27-19/h1-6,8,10-11H,7,9,12H2,(H,21,22). The lowest BCUT2D eigenvalue weighted by molar-refractivity contribution is 0.0734. The molecule has 1 aliphatic rings. The minimum atomic E-state index is -3.76. The van der Waals surface area contributed by atoms with Gasteiger partial charge >= 0.3 is 0 Å². The Kier molecular flexibility index (Phi) is 4.86. The maximum atomic E-state index is 13.1. The van der Waals surface area contributed by atoms with E-state index in [-0.39, 0.29) is 10.8 Å². The van der Waals surface area contributed by atoms with Gasteiger partial charge in [0.25, 0.3) is 15.9 Å². The highest BCUT2D eigenvalue weighted by Gasteiger charge is 2.24. The number of nitrogens with one attached hydrogen (secondary N) is 1. The highest BCUT2D eigenvalue weighted by Crippen LogP contribution is 2.25. The molecule has 0 atom stereocenters. The van der Waals surface area contributed by atoms with Crippen molar-refractivity contribution >= 4 is 32.4 Å². The van der Waals surface area contributed by atoms with Crippen molar-refractivity contribution in [3.8, 4) is 0 Å². The Morgan fingerprint density at radius 2 is 1.93 bits per heavy atom. The Bertz CT molecular complexity index is 1110. The van der Waals surface area contributed by atoms with Crippen LogP contribution in [0.4, 0.5) is 9.52 Å². The Labute approximate surface area is 165 Å². The largest absolute Gasteiger partial charge is 0.334 e. The van der Waals surface area contributed by atoms with E-state index in [1.165, 1.54) is 41.8 Å². The van der Waals surface area contributed by atoms with Crippen LogP contribution in [-0.4, -0.2) is 30.8 Å². The molecule has 0 bridgehead atoms. The zero-order valence-corrected chi connectivity index (χ0v) is 16.3. The third kappa shape index (κ3) is 3.76. The van der Waals surface area contributed by atoms with E-state index < -0.39 is 15.8 Å². The topological polar surface area (TPSA) is 79.4 Å². The van der Waals surface area contributed by atoms with Gasteiger partial charge in [-0.3, -0.25) is 9.52 Å². The second-order valence-electron chi connectivity index (χ2n) is 6.36. The van der Waals surface area contributed by atoms with E-state index in [1.54, 1.807) is 28.5 Å². The molecule has 1 aromatic heterocycles. The van der Waals surface area contributed by atoms with Crippen LogP contribution in [0.2, 0.25) is 0 Å². The second-order valence-corrected chi connectivity index (χ2v) is 8.93. The number of carbonyl (C=O) groups is 1. The normalized spacial score (nSPS) is 13.8. The minimum absolute atomic E-state index is 0.123. The fourth-order valence-electron chi connectivity index (χ4n) is 3.10. The predicted molar refractivity (Wildman–Crippen MR) is 104 cm³/mol. The van der Waals surface area contributed by atoms with Crippen molar-refractivity contribution < 1.29 is 17.6 Å². The summed E-state index contributed by atoms with van der Waals surface area (Å²) in [7, 11) is -3.76. The van der Waals surface area contributed by atoms with Gasteiger partial charge in [-0.2, -0.15) is 0 Å². The fourth-order valence-corrected chi connectivity index (χ4v) is 4.94. The van der Waals surface area contributed by atoms with Crippen LogP contribution in [0, 0.1) is 5.82 Å². The molecule has 1 amide bonds. The van der Waals surface area contributed by atoms with E-state index in [4.69, 9.17) is 0 Å². The molecule has 2 aromatic carbocycles. The predicted octanol–water partition coefficient (Wildman–Crippen LogP) is 3.28. The van der Waals surface area contributed by atoms with Crippen molar-refractivity contribution in [3.05, 3.63) is 76.5 Å². The van der Waals surface area contributed by atoms with Crippen LogP contribution in [0.25, 0.3) is 0 Å². The molecule has 4 rings (SSSR count). The molecule has 2 heterocycles. The van der Waals surface area contributed by atoms with Crippen molar-refractivity contribution in [3.63, 3.8) is 0 Å². The van der Waals surface area contributed by atoms with Gasteiger partial charge in [0.1, 0.15) is 5.82 Å². The number of fused-ring (bicyclic) bond motifs is 1. The van der Waals surface area contributed by atoms with Crippen LogP contribution in [0.5, 0.6) is 0 Å². The molecule has 3 aromatic rings. The van der Waals surface area contributed by atoms with Crippen molar-refractivity contribution in [1.82, 2.24) is 9.88 Å². The van der Waals surface area contributed by atoms with Crippen molar-refractivity contribution in [1.29, 1.82) is 0 Å². The Hall–Kier alpha value is -2.78. The zero-order chi connectivity index (χ0) is 19.7. The number of carbonyl (C=O) groups excluding carboxylic acids is 1. The third-order valence-electron chi connectivity index (χ3n) is 4.53. The minimum Gasteiger partial charge on any atom is -0.334 e. The van der Waals surface area contributed by atoms with Crippen LogP contribution < -0.4 is 4.72 Å². The molecule has 6 nitrogen and oxygen atoms in total. The summed E-state index contributed by atoms with van der Waals surface area (Å²) < 4.78 is 40.7. The SMILES string of the molecule is O=C(c1ccc(F)cc1)N1CCc2ccc(S(=O)(=O)Nc3nccs3)cc2C1. The van der Waals surface area contributed by atoms with E-state index in [1.807, 2.05) is 0 Å². The first-order valence-electron chi connectivity index (χ1n) is 8.51. The van der Waals surface area contributed by atoms with Crippen LogP contribution in [0.15, 0.2) is 58.9 Å². The van der Waals surface area contributed by atoms with Gasteiger partial charge in [-0.05, 0) is 53.9 Å². The van der Waals surface area contributed by atoms with E-state index in [9.17, 15) is 17.6 Å². The monoisotopic (exact) mass is 417 g/mol. The average molecular weight is 417 g/mol. The summed E-state index contributed by atoms with van der Waals surface area (Å²) in [5.74, 6) is -0.608. The number of amides is 1. The first-order chi connectivity index (χ1) is 13.4. The number of benzene rings is 2. The lowest BCUT2D eigenvalue weighted by Gasteiger charge is -2.29. The van der Waals surface area contributed by atoms with Crippen molar-refractivity contribution in [2.45, 2.75) is 17.9 Å². The average Bonchev–Trinajstić information content (AvgIpc) is 3.19. The Balaban J connectivity index is 1.57. The third-order valence-corrected chi connectivity index (χ3v) is 6.69. The molecule has 28 heavy (non-hydrogen) atoms. The lowest BCUT2D eigenvalue weighted by Crippen LogP contribution is -2.36. The van der Waals surface area contributed by atoms with Gasteiger partial charge < -0.3 is 4.90 Å². The number of hydrogen-bond acceptors (Lipinski definition) is 5. The first kappa shape index (κ1) is 18.6. The number of rotatable bonds is 4. The van der Waals surface area contributed by atoms with Gasteiger partial charge in [0.2, 0.25) is 0 Å². The van der Waals surface area contributed by atoms with Crippen molar-refractivity contribution in [2.75, 3.05) is 11.3 Å². The number of aromatic nitrogens is 1. The maximum Gasteiger partial charge on any atom is 0.263 e. The number of anilines is 1. The highest BCUT2D eigenvalue weighted by molar-refractivity contribution is 7.93. The molecule has 0 unspecified atom stereocenters. The summed E-state index contributed by atoms with van der Waals surface area (Å²) in [5, 5.41) is 1.98. The van der Waals surface area contributed by atoms with E-state index >= 15 is 0 Å². The number of nitrogens with zero attached hydrogens (tertiary/aromatic N) is 2. The summed E-state index contributed by atoms with van der Waals surface area (Å²) in [4.78, 5) is 18.4. The van der Waals surface area contributed by atoms with Gasteiger partial charge in [-0.25, -0.2) is 17.8 Å². The molecule has 0 saturated heterocycles. The molecule has 144 valence electrons. The van der Waals surface area contributed by atoms with Crippen LogP contribution >= 0.6 is 11.3 Å². The number of hydrogen-bond donors (Lipinski definition) is 1. The number of sulfonamides is 1. The highest BCUT2D eigenvalue weighted by atomic mass is 32.2. The summed E-state index contributed by atoms with van der Waals surface area (Å²) in [5.41, 5.74) is 2.19. The van der Waals surface area contributed by atoms with Crippen LogP contribution in [-0.2, 0) is 23.0 Å². The van der Waals surface area contributed by atoms with Gasteiger partial charge in [-0.15, -0.1) is 11.3 Å². The van der Waals surface area contributed by atoms with E-state index in [0.717, 1.165) is 11.1 Å². The lowest BCUT2D eigenvalue weighted by atomic mass is 9.99. The molecule has 0 radical (unpaired) electrons. The van der Waals surface area contributed by atoms with Crippen molar-refractivity contribution in [2.24, 2.45) is 0 Å². The summed E-state index contributed by atoms with van der Waals surface area (Å²) in [6, 6.07) is 10.3. The van der Waals surface area contributed by atoms with Gasteiger partial charge in [-0.1, -0.05) is 6.07 Å². The summed E-state index contributed by atoms with van der Waals surface area (Å²) >= 11 is 1.20. The molecule has 0 aliphatic carbocycles. The number of halogens is 1. The second kappa shape index (κ2) is 7.33. The van der Waals surface area contributed by atoms with Gasteiger partial charge in [0.15, 0.2) is 5.13 Å². The Morgan fingerprint density at radius 3 is 2.64 bits per heavy atom. The molecule has 0 spiro atoms. The summed E-state index contributed by atoms with van der Waals surface area (Å²) in [6.07, 6.45) is 2.15. The molecular formula is C19H16FN3O3S2. The smallest absolute Gasteiger partial charge is 0.263 e. The van der Waals surface area contributed by atoms with Gasteiger partial charge in [0.05, 0.1) is 4.90 Å². The summed E-state index contributed by atoms with van der Waals surface area (Å²) in [6.45, 7) is 0.818. The van der Waals surface area contributed by atoms with Crippen LogP contribution in [0.1, 0.15) is 21.5 Å². The quantitative estimate of drug-likeness (QED) is 0.707. The van der Waals surface area contributed by atoms with Gasteiger partial charge in [0, 0.05) is 30.2 Å². The van der Waals surface area contributed by atoms with E-state index in [2.05, 4.69) is 9.71 Å². The Morgan fingerprint density at radius 1 is 1.14 bits per heavy atom. The number of thiazole rings is 1. The molecule has 1 N–H and O–H groups in total. The van der Waals surface area contributed by atoms with E-state index in [0.29, 0.717) is 30.2 Å². The molecule has 9 heteroatoms. The zero-order valence-electron chi connectivity index (χ0n) is 14.6. The fraction of sp³-hybridized carbons (Fsp3) is 0.158. The first-order valence-corrected chi connectivity index (χ1v) is 10.9. The van der Waals surface area contributed by atoms with Crippen LogP contribution in [0.3, 0.4) is 0 Å². The maximum absolute atomic E-state index is 13.1. The molecule has 0 saturated carbocycles. The molecule has 1 aliphatic heterocycles. The molecular weight excluding hydrogens is 401 g/mol.